The number of rotatable bonds is 6. The van der Waals surface area contributed by atoms with Crippen molar-refractivity contribution in [2.24, 2.45) is 0 Å². The van der Waals surface area contributed by atoms with Crippen LogP contribution in [0.15, 0.2) is 60.7 Å². The van der Waals surface area contributed by atoms with E-state index in [1.807, 2.05) is 72.3 Å². The van der Waals surface area contributed by atoms with Gasteiger partial charge in [-0.25, -0.2) is 4.68 Å². The highest BCUT2D eigenvalue weighted by atomic mass is 16.1. The lowest BCUT2D eigenvalue weighted by Crippen LogP contribution is -2.25. The van der Waals surface area contributed by atoms with Gasteiger partial charge in [0.15, 0.2) is 0 Å². The Balaban J connectivity index is 2.08. The van der Waals surface area contributed by atoms with Gasteiger partial charge in [-0.1, -0.05) is 61.9 Å². The number of carbonyl (C=O) groups excluding carboxylic acids is 1. The number of amides is 1. The molecule has 4 nitrogen and oxygen atoms in total. The van der Waals surface area contributed by atoms with E-state index in [9.17, 15) is 4.79 Å². The normalized spacial score (nSPS) is 10.6. The number of carbonyl (C=O) groups is 1. The van der Waals surface area contributed by atoms with Gasteiger partial charge in [0.1, 0.15) is 5.69 Å². The maximum Gasteiger partial charge on any atom is 0.255 e. The highest BCUT2D eigenvalue weighted by Gasteiger charge is 2.22. The molecular weight excluding hydrogens is 310 g/mol. The van der Waals surface area contributed by atoms with Crippen molar-refractivity contribution in [3.8, 4) is 16.9 Å². The number of hydrogen-bond acceptors (Lipinski definition) is 2. The molecule has 1 N–H and O–H groups in total. The number of para-hydroxylation sites is 1. The number of benzene rings is 2. The van der Waals surface area contributed by atoms with E-state index in [0.29, 0.717) is 12.1 Å². The highest BCUT2D eigenvalue weighted by Crippen LogP contribution is 2.27. The number of nitrogens with zero attached hydrogens (tertiary/aromatic N) is 2. The first-order chi connectivity index (χ1) is 12.2. The van der Waals surface area contributed by atoms with Crippen LogP contribution in [-0.2, 0) is 0 Å². The molecule has 0 saturated carbocycles. The van der Waals surface area contributed by atoms with Crippen LogP contribution in [0, 0.1) is 6.92 Å². The summed E-state index contributed by atoms with van der Waals surface area (Å²) in [6.45, 7) is 4.74. The number of unbranched alkanes of at least 4 members (excludes halogenated alkanes) is 1. The summed E-state index contributed by atoms with van der Waals surface area (Å²) >= 11 is 0. The molecule has 0 fully saturated rings. The van der Waals surface area contributed by atoms with Gasteiger partial charge in [-0.05, 0) is 25.5 Å². The van der Waals surface area contributed by atoms with Crippen LogP contribution in [0.4, 0.5) is 0 Å². The van der Waals surface area contributed by atoms with Crippen molar-refractivity contribution in [2.75, 3.05) is 6.54 Å². The Kier molecular flexibility index (Phi) is 5.29. The van der Waals surface area contributed by atoms with Crippen molar-refractivity contribution in [3.63, 3.8) is 0 Å². The Hall–Kier alpha value is -2.88. The topological polar surface area (TPSA) is 46.9 Å². The van der Waals surface area contributed by atoms with Crippen molar-refractivity contribution in [3.05, 3.63) is 71.9 Å². The molecule has 0 aliphatic rings. The first-order valence-electron chi connectivity index (χ1n) is 8.71. The molecule has 128 valence electrons. The van der Waals surface area contributed by atoms with E-state index in [-0.39, 0.29) is 5.91 Å². The Morgan fingerprint density at radius 1 is 1.04 bits per heavy atom. The molecule has 0 radical (unpaired) electrons. The molecule has 1 aromatic heterocycles. The lowest BCUT2D eigenvalue weighted by Gasteiger charge is -2.07. The third-order valence-electron chi connectivity index (χ3n) is 4.21. The Morgan fingerprint density at radius 3 is 2.32 bits per heavy atom. The summed E-state index contributed by atoms with van der Waals surface area (Å²) in [6.07, 6.45) is 2.02. The second-order valence-electron chi connectivity index (χ2n) is 6.03. The Labute approximate surface area is 148 Å². The molecule has 0 spiro atoms. The minimum atomic E-state index is -0.0630. The van der Waals surface area contributed by atoms with Crippen molar-refractivity contribution >= 4 is 5.91 Å². The van der Waals surface area contributed by atoms with Crippen LogP contribution in [0.3, 0.4) is 0 Å². The molecule has 1 amide bonds. The van der Waals surface area contributed by atoms with Gasteiger partial charge in [0.25, 0.3) is 5.91 Å². The third kappa shape index (κ3) is 3.63. The molecule has 3 rings (SSSR count). The predicted octanol–water partition coefficient (Wildman–Crippen LogP) is 4.38. The van der Waals surface area contributed by atoms with Crippen molar-refractivity contribution in [1.29, 1.82) is 0 Å². The van der Waals surface area contributed by atoms with E-state index in [2.05, 4.69) is 12.2 Å². The smallest absolute Gasteiger partial charge is 0.255 e. The van der Waals surface area contributed by atoms with Gasteiger partial charge in [-0.2, -0.15) is 5.10 Å². The van der Waals surface area contributed by atoms with Gasteiger partial charge in [0, 0.05) is 12.1 Å². The minimum absolute atomic E-state index is 0.0630. The summed E-state index contributed by atoms with van der Waals surface area (Å²) in [6, 6.07) is 19.8. The highest BCUT2D eigenvalue weighted by molar-refractivity contribution is 6.01. The van der Waals surface area contributed by atoms with Crippen LogP contribution < -0.4 is 5.32 Å². The van der Waals surface area contributed by atoms with Crippen LogP contribution in [0.1, 0.15) is 35.8 Å². The molecule has 0 aliphatic heterocycles. The number of aromatic nitrogens is 2. The molecule has 2 aromatic carbocycles. The molecule has 0 unspecified atom stereocenters. The maximum atomic E-state index is 12.8. The third-order valence-corrected chi connectivity index (χ3v) is 4.21. The SMILES string of the molecule is CCCCNC(=O)c1c(-c2ccccc2)nn(-c2ccccc2)c1C. The zero-order valence-corrected chi connectivity index (χ0v) is 14.7. The zero-order valence-electron chi connectivity index (χ0n) is 14.7. The summed E-state index contributed by atoms with van der Waals surface area (Å²) in [7, 11) is 0. The lowest BCUT2D eigenvalue weighted by atomic mass is 10.1. The number of nitrogens with one attached hydrogen (secondary N) is 1. The molecule has 0 atom stereocenters. The van der Waals surface area contributed by atoms with Gasteiger partial charge in [0.05, 0.1) is 16.9 Å². The summed E-state index contributed by atoms with van der Waals surface area (Å²) in [5, 5.41) is 7.78. The number of hydrogen-bond donors (Lipinski definition) is 1. The van der Waals surface area contributed by atoms with Gasteiger partial charge in [-0.3, -0.25) is 4.79 Å². The standard InChI is InChI=1S/C21H23N3O/c1-3-4-15-22-21(25)19-16(2)24(18-13-9-6-10-14-18)23-20(19)17-11-7-5-8-12-17/h5-14H,3-4,15H2,1-2H3,(H,22,25). The summed E-state index contributed by atoms with van der Waals surface area (Å²) in [4.78, 5) is 12.8. The maximum absolute atomic E-state index is 12.8. The van der Waals surface area contributed by atoms with Crippen LogP contribution in [0.5, 0.6) is 0 Å². The van der Waals surface area contributed by atoms with Crippen LogP contribution in [0.25, 0.3) is 16.9 Å². The van der Waals surface area contributed by atoms with Gasteiger partial charge in [-0.15, -0.1) is 0 Å². The van der Waals surface area contributed by atoms with Gasteiger partial charge < -0.3 is 5.32 Å². The average Bonchev–Trinajstić information content (AvgIpc) is 3.00. The molecule has 25 heavy (non-hydrogen) atoms. The molecule has 3 aromatic rings. The summed E-state index contributed by atoms with van der Waals surface area (Å²) < 4.78 is 1.84. The first-order valence-corrected chi connectivity index (χ1v) is 8.71. The van der Waals surface area contributed by atoms with Crippen LogP contribution >= 0.6 is 0 Å². The molecule has 0 saturated heterocycles. The molecular formula is C21H23N3O. The van der Waals surface area contributed by atoms with Crippen molar-refractivity contribution in [1.82, 2.24) is 15.1 Å². The van der Waals surface area contributed by atoms with Gasteiger partial charge >= 0.3 is 0 Å². The van der Waals surface area contributed by atoms with Crippen molar-refractivity contribution in [2.45, 2.75) is 26.7 Å². The molecule has 0 aliphatic carbocycles. The van der Waals surface area contributed by atoms with E-state index in [0.717, 1.165) is 35.5 Å². The van der Waals surface area contributed by atoms with E-state index in [4.69, 9.17) is 5.10 Å². The van der Waals surface area contributed by atoms with E-state index < -0.39 is 0 Å². The predicted molar refractivity (Wildman–Crippen MR) is 101 cm³/mol. The molecule has 4 heteroatoms. The van der Waals surface area contributed by atoms with Crippen molar-refractivity contribution < 1.29 is 4.79 Å². The van der Waals surface area contributed by atoms with Crippen LogP contribution in [-0.4, -0.2) is 22.2 Å². The fourth-order valence-electron chi connectivity index (χ4n) is 2.86. The fourth-order valence-corrected chi connectivity index (χ4v) is 2.86. The second-order valence-corrected chi connectivity index (χ2v) is 6.03. The second kappa shape index (κ2) is 7.79. The van der Waals surface area contributed by atoms with Crippen LogP contribution in [0.2, 0.25) is 0 Å². The summed E-state index contributed by atoms with van der Waals surface area (Å²) in [5.74, 6) is -0.0630. The Bertz CT molecular complexity index is 838. The summed E-state index contributed by atoms with van der Waals surface area (Å²) in [5.41, 5.74) is 4.10. The minimum Gasteiger partial charge on any atom is -0.352 e. The Morgan fingerprint density at radius 2 is 1.68 bits per heavy atom. The van der Waals surface area contributed by atoms with E-state index in [1.165, 1.54) is 0 Å². The van der Waals surface area contributed by atoms with E-state index >= 15 is 0 Å². The molecule has 0 bridgehead atoms. The monoisotopic (exact) mass is 333 g/mol. The quantitative estimate of drug-likeness (QED) is 0.681. The van der Waals surface area contributed by atoms with Gasteiger partial charge in [0.2, 0.25) is 0 Å². The first kappa shape index (κ1) is 17.0. The lowest BCUT2D eigenvalue weighted by molar-refractivity contribution is 0.0953. The molecule has 1 heterocycles. The average molecular weight is 333 g/mol. The van der Waals surface area contributed by atoms with E-state index in [1.54, 1.807) is 0 Å². The largest absolute Gasteiger partial charge is 0.352 e. The zero-order chi connectivity index (χ0) is 17.6. The fraction of sp³-hybridized carbons (Fsp3) is 0.238.